The number of hydrazine groups is 1. The molecule has 4 N–H and O–H groups in total. The summed E-state index contributed by atoms with van der Waals surface area (Å²) < 4.78 is 0. The molecule has 0 radical (unpaired) electrons. The van der Waals surface area contributed by atoms with E-state index >= 15 is 0 Å². The lowest BCUT2D eigenvalue weighted by molar-refractivity contribution is -0.164. The van der Waals surface area contributed by atoms with Gasteiger partial charge in [-0.1, -0.05) is 20.3 Å². The van der Waals surface area contributed by atoms with Crippen molar-refractivity contribution in [3.05, 3.63) is 42.0 Å². The van der Waals surface area contributed by atoms with Crippen LogP contribution in [0.4, 0.5) is 10.5 Å². The normalized spacial score (nSPS) is 13.7. The zero-order valence-electron chi connectivity index (χ0n) is 19.4. The molecule has 12 heteroatoms. The van der Waals surface area contributed by atoms with Gasteiger partial charge in [-0.05, 0) is 43.0 Å². The molecule has 1 aromatic carbocycles. The number of hydrogen-bond donors (Lipinski definition) is 3. The fourth-order valence-corrected chi connectivity index (χ4v) is 3.58. The Hall–Kier alpha value is -4.22. The lowest BCUT2D eigenvalue weighted by Gasteiger charge is -2.37. The van der Waals surface area contributed by atoms with Gasteiger partial charge in [-0.2, -0.15) is 0 Å². The number of imide groups is 2. The number of carbonyl (C=O) groups is 6. The topological polar surface area (TPSA) is 179 Å². The number of unbranched alkanes of at least 4 members (excludes halogenated alkanes) is 2. The first-order chi connectivity index (χ1) is 16.5. The zero-order chi connectivity index (χ0) is 26.3. The molecule has 0 saturated carbocycles. The Morgan fingerprint density at radius 1 is 0.943 bits per heavy atom. The SMILES string of the molecule is CC(C)[C@@H](C(=O)O)N(C(=O)CCCCCN1C(=O)C=CC1=O)N(C(=O)O)C(=O)c1ccc(N)cc1. The number of benzene rings is 1. The maximum atomic E-state index is 13.1. The standard InChI is InChI=1S/C23H28N4O8/c1-14(2)20(22(32)33)26(27(23(34)35)21(31)15-7-9-16(24)10-8-15)19(30)6-4-3-5-13-25-17(28)11-12-18(25)29/h7-12,14,20H,3-6,13,24H2,1-2H3,(H,32,33)(H,34,35)/t20-/m0/s1. The molecule has 0 bridgehead atoms. The van der Waals surface area contributed by atoms with Crippen LogP contribution < -0.4 is 5.73 Å². The number of rotatable bonds is 10. The number of nitrogens with zero attached hydrogens (tertiary/aromatic N) is 3. The van der Waals surface area contributed by atoms with Gasteiger partial charge >= 0.3 is 12.1 Å². The van der Waals surface area contributed by atoms with Gasteiger partial charge in [0.15, 0.2) is 6.04 Å². The molecule has 0 aromatic heterocycles. The van der Waals surface area contributed by atoms with Crippen LogP contribution in [-0.4, -0.2) is 73.4 Å². The Balaban J connectivity index is 2.19. The van der Waals surface area contributed by atoms with E-state index in [4.69, 9.17) is 5.73 Å². The highest BCUT2D eigenvalue weighted by atomic mass is 16.4. The van der Waals surface area contributed by atoms with Crippen LogP contribution in [0.3, 0.4) is 0 Å². The van der Waals surface area contributed by atoms with Gasteiger partial charge in [-0.3, -0.25) is 24.1 Å². The summed E-state index contributed by atoms with van der Waals surface area (Å²) in [4.78, 5) is 74.4. The quantitative estimate of drug-likeness (QED) is 0.191. The number of amides is 5. The van der Waals surface area contributed by atoms with Crippen molar-refractivity contribution in [3.63, 3.8) is 0 Å². The van der Waals surface area contributed by atoms with Crippen molar-refractivity contribution in [1.29, 1.82) is 0 Å². The van der Waals surface area contributed by atoms with E-state index in [1.165, 1.54) is 50.3 Å². The van der Waals surface area contributed by atoms with Crippen LogP contribution in [0, 0.1) is 5.92 Å². The summed E-state index contributed by atoms with van der Waals surface area (Å²) in [5, 5.41) is 20.1. The van der Waals surface area contributed by atoms with Gasteiger partial charge in [0.1, 0.15) is 0 Å². The molecule has 188 valence electrons. The second kappa shape index (κ2) is 11.8. The number of nitrogens with two attached hydrogens (primary N) is 1. The molecule has 0 spiro atoms. The maximum absolute atomic E-state index is 13.1. The van der Waals surface area contributed by atoms with E-state index in [2.05, 4.69) is 0 Å². The smallest absolute Gasteiger partial charge is 0.434 e. The van der Waals surface area contributed by atoms with Crippen LogP contribution in [0.5, 0.6) is 0 Å². The summed E-state index contributed by atoms with van der Waals surface area (Å²) in [5.74, 6) is -5.00. The number of aliphatic carboxylic acids is 1. The van der Waals surface area contributed by atoms with E-state index in [9.17, 15) is 39.0 Å². The Kier molecular flexibility index (Phi) is 9.09. The molecular formula is C23H28N4O8. The van der Waals surface area contributed by atoms with Crippen molar-refractivity contribution in [1.82, 2.24) is 14.9 Å². The highest BCUT2D eigenvalue weighted by Crippen LogP contribution is 2.21. The number of nitrogen functional groups attached to an aromatic ring is 1. The molecule has 5 amide bonds. The monoisotopic (exact) mass is 488 g/mol. The molecule has 0 unspecified atom stereocenters. The molecule has 35 heavy (non-hydrogen) atoms. The molecule has 1 atom stereocenters. The molecule has 0 saturated heterocycles. The lowest BCUT2D eigenvalue weighted by Crippen LogP contribution is -2.60. The van der Waals surface area contributed by atoms with Crippen molar-refractivity contribution in [2.45, 2.75) is 45.6 Å². The Morgan fingerprint density at radius 3 is 2.00 bits per heavy atom. The molecule has 1 aliphatic rings. The van der Waals surface area contributed by atoms with Gasteiger partial charge in [-0.25, -0.2) is 14.6 Å². The minimum absolute atomic E-state index is 0.0964. The third-order valence-electron chi connectivity index (χ3n) is 5.32. The van der Waals surface area contributed by atoms with E-state index in [0.29, 0.717) is 23.5 Å². The number of carboxylic acid groups (broad SMARTS) is 2. The van der Waals surface area contributed by atoms with Crippen molar-refractivity contribution in [3.8, 4) is 0 Å². The average Bonchev–Trinajstić information content (AvgIpc) is 3.09. The van der Waals surface area contributed by atoms with E-state index in [0.717, 1.165) is 4.90 Å². The second-order valence-corrected chi connectivity index (χ2v) is 8.26. The maximum Gasteiger partial charge on any atom is 0.434 e. The van der Waals surface area contributed by atoms with Crippen LogP contribution in [0.2, 0.25) is 0 Å². The molecule has 1 aromatic rings. The first-order valence-corrected chi connectivity index (χ1v) is 11.0. The first-order valence-electron chi connectivity index (χ1n) is 11.0. The number of hydrogen-bond acceptors (Lipinski definition) is 7. The Morgan fingerprint density at radius 2 is 1.51 bits per heavy atom. The molecular weight excluding hydrogens is 460 g/mol. The van der Waals surface area contributed by atoms with E-state index < -0.39 is 47.7 Å². The number of carboxylic acids is 1. The summed E-state index contributed by atoms with van der Waals surface area (Å²) in [6, 6.07) is 3.68. The number of anilines is 1. The Bertz CT molecular complexity index is 1020. The minimum Gasteiger partial charge on any atom is -0.480 e. The molecule has 2 rings (SSSR count). The van der Waals surface area contributed by atoms with Crippen LogP contribution >= 0.6 is 0 Å². The minimum atomic E-state index is -1.81. The third kappa shape index (κ3) is 6.65. The van der Waals surface area contributed by atoms with Gasteiger partial charge in [-0.15, -0.1) is 5.01 Å². The predicted molar refractivity (Wildman–Crippen MR) is 122 cm³/mol. The Labute approximate surface area is 201 Å². The average molecular weight is 488 g/mol. The van der Waals surface area contributed by atoms with Crippen molar-refractivity contribution in [2.75, 3.05) is 12.3 Å². The van der Waals surface area contributed by atoms with E-state index in [-0.39, 0.29) is 30.0 Å². The van der Waals surface area contributed by atoms with Gasteiger partial charge in [0.05, 0.1) is 0 Å². The summed E-state index contributed by atoms with van der Waals surface area (Å²) in [5.41, 5.74) is 5.84. The summed E-state index contributed by atoms with van der Waals surface area (Å²) >= 11 is 0. The molecule has 0 fully saturated rings. The zero-order valence-corrected chi connectivity index (χ0v) is 19.4. The van der Waals surface area contributed by atoms with Crippen molar-refractivity contribution >= 4 is 41.4 Å². The first kappa shape index (κ1) is 27.0. The molecule has 1 aliphatic heterocycles. The summed E-state index contributed by atoms with van der Waals surface area (Å²) in [7, 11) is 0. The van der Waals surface area contributed by atoms with Gasteiger partial charge in [0, 0.05) is 36.4 Å². The predicted octanol–water partition coefficient (Wildman–Crippen LogP) is 1.73. The van der Waals surface area contributed by atoms with E-state index in [1.807, 2.05) is 0 Å². The van der Waals surface area contributed by atoms with Gasteiger partial charge < -0.3 is 15.9 Å². The third-order valence-corrected chi connectivity index (χ3v) is 5.32. The molecule has 1 heterocycles. The highest BCUT2D eigenvalue weighted by Gasteiger charge is 2.42. The van der Waals surface area contributed by atoms with Crippen molar-refractivity contribution < 1.29 is 39.0 Å². The fraction of sp³-hybridized carbons (Fsp3) is 0.391. The van der Waals surface area contributed by atoms with Gasteiger partial charge in [0.2, 0.25) is 5.91 Å². The van der Waals surface area contributed by atoms with Crippen LogP contribution in [0.15, 0.2) is 36.4 Å². The van der Waals surface area contributed by atoms with Crippen LogP contribution in [0.1, 0.15) is 49.9 Å². The van der Waals surface area contributed by atoms with Crippen LogP contribution in [-0.2, 0) is 19.2 Å². The van der Waals surface area contributed by atoms with E-state index in [1.54, 1.807) is 0 Å². The largest absolute Gasteiger partial charge is 0.480 e. The molecule has 12 nitrogen and oxygen atoms in total. The molecule has 0 aliphatic carbocycles. The summed E-state index contributed by atoms with van der Waals surface area (Å²) in [6.45, 7) is 3.14. The second-order valence-electron chi connectivity index (χ2n) is 8.26. The number of carbonyl (C=O) groups excluding carboxylic acids is 4. The van der Waals surface area contributed by atoms with Crippen LogP contribution in [0.25, 0.3) is 0 Å². The lowest BCUT2D eigenvalue weighted by atomic mass is 10.0. The fourth-order valence-electron chi connectivity index (χ4n) is 3.58. The van der Waals surface area contributed by atoms with Crippen molar-refractivity contribution in [2.24, 2.45) is 5.92 Å². The highest BCUT2D eigenvalue weighted by molar-refractivity contribution is 6.12. The van der Waals surface area contributed by atoms with Gasteiger partial charge in [0.25, 0.3) is 17.7 Å². The summed E-state index contributed by atoms with van der Waals surface area (Å²) in [6.07, 6.45) is 1.27.